The van der Waals surface area contributed by atoms with Crippen LogP contribution in [0.5, 0.6) is 0 Å². The highest BCUT2D eigenvalue weighted by molar-refractivity contribution is 8.14. The molecule has 1 aliphatic heterocycles. The second kappa shape index (κ2) is 3.94. The van der Waals surface area contributed by atoms with Crippen LogP contribution >= 0.6 is 11.8 Å². The summed E-state index contributed by atoms with van der Waals surface area (Å²) in [6.45, 7) is 6.91. The van der Waals surface area contributed by atoms with Crippen LogP contribution in [-0.4, -0.2) is 23.5 Å². The highest BCUT2D eigenvalue weighted by Crippen LogP contribution is 2.51. The summed E-state index contributed by atoms with van der Waals surface area (Å²) < 4.78 is 0. The molecule has 1 heterocycles. The van der Waals surface area contributed by atoms with Crippen molar-refractivity contribution in [3.05, 3.63) is 0 Å². The van der Waals surface area contributed by atoms with Crippen molar-refractivity contribution in [1.29, 1.82) is 0 Å². The minimum Gasteiger partial charge on any atom is -0.364 e. The minimum absolute atomic E-state index is 0.598. The third kappa shape index (κ3) is 2.11. The molecule has 0 radical (unpaired) electrons. The minimum atomic E-state index is 0.598. The van der Waals surface area contributed by atoms with Gasteiger partial charge in [0, 0.05) is 11.8 Å². The molecular formula is C13H22N2S. The van der Waals surface area contributed by atoms with E-state index in [2.05, 4.69) is 24.2 Å². The SMILES string of the molecule is CC(C)C1(CNC2=NCC(C3CC3)S2)CC1. The lowest BCUT2D eigenvalue weighted by Crippen LogP contribution is -2.30. The molecule has 3 heteroatoms. The van der Waals surface area contributed by atoms with Crippen molar-refractivity contribution in [3.63, 3.8) is 0 Å². The Morgan fingerprint density at radius 1 is 1.44 bits per heavy atom. The average Bonchev–Trinajstić information content (AvgIpc) is 3.16. The van der Waals surface area contributed by atoms with Crippen molar-refractivity contribution >= 4 is 16.9 Å². The Bertz CT molecular complexity index is 303. The van der Waals surface area contributed by atoms with E-state index in [-0.39, 0.29) is 0 Å². The third-order valence-corrected chi connectivity index (χ3v) is 5.87. The van der Waals surface area contributed by atoms with Gasteiger partial charge in [-0.15, -0.1) is 0 Å². The van der Waals surface area contributed by atoms with Crippen molar-refractivity contribution < 1.29 is 0 Å². The number of rotatable bonds is 4. The van der Waals surface area contributed by atoms with Crippen LogP contribution in [0.4, 0.5) is 0 Å². The molecule has 0 bridgehead atoms. The van der Waals surface area contributed by atoms with Gasteiger partial charge < -0.3 is 5.32 Å². The Labute approximate surface area is 103 Å². The molecule has 0 aromatic heterocycles. The van der Waals surface area contributed by atoms with Crippen LogP contribution in [0.2, 0.25) is 0 Å². The molecule has 0 amide bonds. The fourth-order valence-electron chi connectivity index (χ4n) is 2.57. The van der Waals surface area contributed by atoms with Crippen LogP contribution in [0.25, 0.3) is 0 Å². The first-order valence-electron chi connectivity index (χ1n) is 6.65. The Kier molecular flexibility index (Phi) is 2.69. The van der Waals surface area contributed by atoms with Gasteiger partial charge in [0.2, 0.25) is 0 Å². The molecule has 90 valence electrons. The molecule has 0 spiro atoms. The van der Waals surface area contributed by atoms with Crippen LogP contribution < -0.4 is 5.32 Å². The summed E-state index contributed by atoms with van der Waals surface area (Å²) in [4.78, 5) is 4.64. The molecule has 1 atom stereocenters. The molecule has 1 unspecified atom stereocenters. The fraction of sp³-hybridized carbons (Fsp3) is 0.923. The number of amidine groups is 1. The summed E-state index contributed by atoms with van der Waals surface area (Å²) in [6.07, 6.45) is 5.69. The number of hydrogen-bond acceptors (Lipinski definition) is 3. The van der Waals surface area contributed by atoms with Gasteiger partial charge in [-0.25, -0.2) is 0 Å². The van der Waals surface area contributed by atoms with E-state index >= 15 is 0 Å². The summed E-state index contributed by atoms with van der Waals surface area (Å²) in [5, 5.41) is 5.62. The van der Waals surface area contributed by atoms with E-state index in [4.69, 9.17) is 0 Å². The molecule has 3 aliphatic rings. The number of aliphatic imine (C=N–C) groups is 1. The van der Waals surface area contributed by atoms with Crippen LogP contribution in [0, 0.1) is 17.3 Å². The molecule has 2 saturated carbocycles. The van der Waals surface area contributed by atoms with E-state index in [1.165, 1.54) is 30.9 Å². The van der Waals surface area contributed by atoms with Gasteiger partial charge in [0.1, 0.15) is 0 Å². The molecule has 2 aliphatic carbocycles. The van der Waals surface area contributed by atoms with Gasteiger partial charge in [-0.1, -0.05) is 25.6 Å². The Morgan fingerprint density at radius 3 is 2.75 bits per heavy atom. The van der Waals surface area contributed by atoms with E-state index in [1.807, 2.05) is 11.8 Å². The quantitative estimate of drug-likeness (QED) is 0.814. The molecule has 3 rings (SSSR count). The first-order chi connectivity index (χ1) is 7.70. The molecule has 1 N–H and O–H groups in total. The molecule has 0 aromatic carbocycles. The van der Waals surface area contributed by atoms with Crippen molar-refractivity contribution in [2.45, 2.75) is 44.8 Å². The second-order valence-corrected chi connectivity index (χ2v) is 7.24. The lowest BCUT2D eigenvalue weighted by atomic mass is 9.92. The summed E-state index contributed by atoms with van der Waals surface area (Å²) in [5.41, 5.74) is 0.598. The lowest BCUT2D eigenvalue weighted by Gasteiger charge is -2.20. The van der Waals surface area contributed by atoms with Crippen molar-refractivity contribution in [2.24, 2.45) is 22.2 Å². The molecule has 16 heavy (non-hydrogen) atoms. The molecular weight excluding hydrogens is 216 g/mol. The largest absolute Gasteiger partial charge is 0.364 e. The first-order valence-corrected chi connectivity index (χ1v) is 7.52. The highest BCUT2D eigenvalue weighted by Gasteiger charge is 2.45. The summed E-state index contributed by atoms with van der Waals surface area (Å²) in [6, 6.07) is 0. The zero-order valence-electron chi connectivity index (χ0n) is 10.3. The van der Waals surface area contributed by atoms with Gasteiger partial charge >= 0.3 is 0 Å². The van der Waals surface area contributed by atoms with Gasteiger partial charge in [-0.05, 0) is 42.9 Å². The van der Waals surface area contributed by atoms with E-state index in [9.17, 15) is 0 Å². The number of nitrogens with one attached hydrogen (secondary N) is 1. The van der Waals surface area contributed by atoms with Crippen molar-refractivity contribution in [1.82, 2.24) is 5.32 Å². The summed E-state index contributed by atoms with van der Waals surface area (Å²) in [7, 11) is 0. The van der Waals surface area contributed by atoms with Gasteiger partial charge in [0.25, 0.3) is 0 Å². The Hall–Kier alpha value is -0.180. The highest BCUT2D eigenvalue weighted by atomic mass is 32.2. The number of thioether (sulfide) groups is 1. The van der Waals surface area contributed by atoms with E-state index in [0.717, 1.165) is 30.2 Å². The molecule has 0 saturated heterocycles. The molecule has 2 nitrogen and oxygen atoms in total. The molecule has 2 fully saturated rings. The number of nitrogens with zero attached hydrogens (tertiary/aromatic N) is 1. The van der Waals surface area contributed by atoms with Crippen LogP contribution in [0.15, 0.2) is 4.99 Å². The van der Waals surface area contributed by atoms with Crippen molar-refractivity contribution in [2.75, 3.05) is 13.1 Å². The maximum atomic E-state index is 4.64. The third-order valence-electron chi connectivity index (χ3n) is 4.53. The van der Waals surface area contributed by atoms with Gasteiger partial charge in [-0.2, -0.15) is 0 Å². The van der Waals surface area contributed by atoms with E-state index in [1.54, 1.807) is 0 Å². The predicted molar refractivity (Wildman–Crippen MR) is 70.9 cm³/mol. The fourth-order valence-corrected chi connectivity index (χ4v) is 3.78. The monoisotopic (exact) mass is 238 g/mol. The predicted octanol–water partition coefficient (Wildman–Crippen LogP) is 2.89. The topological polar surface area (TPSA) is 24.4 Å². The number of hydrogen-bond donors (Lipinski definition) is 1. The normalized spacial score (nSPS) is 31.7. The Balaban J connectivity index is 1.46. The van der Waals surface area contributed by atoms with Crippen LogP contribution in [0.1, 0.15) is 39.5 Å². The average molecular weight is 238 g/mol. The van der Waals surface area contributed by atoms with Gasteiger partial charge in [0.05, 0.1) is 6.54 Å². The first kappa shape index (κ1) is 10.9. The summed E-state index contributed by atoms with van der Waals surface area (Å²) >= 11 is 2.00. The second-order valence-electron chi connectivity index (χ2n) is 6.01. The molecule has 0 aromatic rings. The summed E-state index contributed by atoms with van der Waals surface area (Å²) in [5.74, 6) is 1.79. The smallest absolute Gasteiger partial charge is 0.156 e. The zero-order chi connectivity index (χ0) is 11.2. The Morgan fingerprint density at radius 2 is 2.19 bits per heavy atom. The zero-order valence-corrected chi connectivity index (χ0v) is 11.1. The van der Waals surface area contributed by atoms with Gasteiger partial charge in [0.15, 0.2) is 5.17 Å². The van der Waals surface area contributed by atoms with Crippen molar-refractivity contribution in [3.8, 4) is 0 Å². The van der Waals surface area contributed by atoms with Crippen LogP contribution in [0.3, 0.4) is 0 Å². The van der Waals surface area contributed by atoms with E-state index in [0.29, 0.717) is 5.41 Å². The van der Waals surface area contributed by atoms with E-state index < -0.39 is 0 Å². The standard InChI is InChI=1S/C13H22N2S/c1-9(2)13(5-6-13)8-15-12-14-7-11(16-12)10-3-4-10/h9-11H,3-8H2,1-2H3,(H,14,15). The lowest BCUT2D eigenvalue weighted by molar-refractivity contribution is 0.358. The van der Waals surface area contributed by atoms with Crippen LogP contribution in [-0.2, 0) is 0 Å². The maximum Gasteiger partial charge on any atom is 0.156 e. The van der Waals surface area contributed by atoms with Gasteiger partial charge in [-0.3, -0.25) is 4.99 Å². The maximum absolute atomic E-state index is 4.64.